The summed E-state index contributed by atoms with van der Waals surface area (Å²) in [6.07, 6.45) is -2.18. The van der Waals surface area contributed by atoms with Crippen LogP contribution in [0, 0.1) is 5.92 Å². The van der Waals surface area contributed by atoms with Crippen LogP contribution in [0.15, 0.2) is 11.8 Å². The Morgan fingerprint density at radius 2 is 1.90 bits per heavy atom. The fourth-order valence-electron chi connectivity index (χ4n) is 6.23. The van der Waals surface area contributed by atoms with Gasteiger partial charge in [-0.25, -0.2) is 0 Å². The van der Waals surface area contributed by atoms with Crippen LogP contribution in [-0.4, -0.2) is 132 Å². The van der Waals surface area contributed by atoms with E-state index in [1.54, 1.807) is 7.05 Å². The summed E-state index contributed by atoms with van der Waals surface area (Å²) in [4.78, 5) is 12.9. The number of aliphatic hydroxyl groups is 4. The van der Waals surface area contributed by atoms with Crippen LogP contribution in [0.1, 0.15) is 32.6 Å². The molecule has 0 bridgehead atoms. The molecule has 1 amide bonds. The predicted molar refractivity (Wildman–Crippen MR) is 148 cm³/mol. The van der Waals surface area contributed by atoms with Crippen molar-refractivity contribution in [1.82, 2.24) is 16.0 Å². The molecule has 2 aliphatic carbocycles. The van der Waals surface area contributed by atoms with E-state index >= 15 is 0 Å². The van der Waals surface area contributed by atoms with E-state index in [0.717, 1.165) is 13.0 Å². The first-order valence-electron chi connectivity index (χ1n) is 14.4. The van der Waals surface area contributed by atoms with E-state index in [4.69, 9.17) is 37.1 Å². The van der Waals surface area contributed by atoms with Gasteiger partial charge in [-0.1, -0.05) is 0 Å². The third-order valence-corrected chi connectivity index (χ3v) is 8.84. The fourth-order valence-corrected chi connectivity index (χ4v) is 6.23. The first kappa shape index (κ1) is 32.4. The number of likely N-dealkylation sites (N-methyl/N-ethyl adjacent to an activating group) is 1. The van der Waals surface area contributed by atoms with Crippen molar-refractivity contribution < 1.29 is 39.4 Å². The van der Waals surface area contributed by atoms with Gasteiger partial charge in [0.05, 0.1) is 31.3 Å². The van der Waals surface area contributed by atoms with Crippen molar-refractivity contribution in [3.63, 3.8) is 0 Å². The SMILES string of the molecule is CNC1C(O)C(OC2C(NC(=O)C3(O)CC3N)CC(N)C(C3OC(CNCCCN)=CCC3N)C2O)OCC1(C)O. The lowest BCUT2D eigenvalue weighted by atomic mass is 9.72. The van der Waals surface area contributed by atoms with Crippen molar-refractivity contribution in [1.29, 1.82) is 0 Å². The minimum Gasteiger partial charge on any atom is -0.492 e. The van der Waals surface area contributed by atoms with E-state index in [9.17, 15) is 25.2 Å². The molecule has 4 rings (SSSR count). The number of ether oxygens (including phenoxy) is 3. The first-order chi connectivity index (χ1) is 19.3. The number of hydrogen-bond donors (Lipinski definition) is 11. The van der Waals surface area contributed by atoms with Gasteiger partial charge in [0, 0.05) is 30.5 Å². The number of carbonyl (C=O) groups excluding carboxylic acids is 1. The molecule has 41 heavy (non-hydrogen) atoms. The van der Waals surface area contributed by atoms with Crippen molar-refractivity contribution in [2.24, 2.45) is 28.9 Å². The van der Waals surface area contributed by atoms with Gasteiger partial charge in [0.25, 0.3) is 5.91 Å². The van der Waals surface area contributed by atoms with Crippen molar-refractivity contribution in [3.8, 4) is 0 Å². The van der Waals surface area contributed by atoms with Gasteiger partial charge in [0.1, 0.15) is 29.7 Å². The average molecular weight is 588 g/mol. The number of rotatable bonds is 11. The van der Waals surface area contributed by atoms with Gasteiger partial charge in [-0.15, -0.1) is 0 Å². The van der Waals surface area contributed by atoms with Crippen molar-refractivity contribution in [3.05, 3.63) is 11.8 Å². The number of carbonyl (C=O) groups is 1. The van der Waals surface area contributed by atoms with E-state index in [0.29, 0.717) is 25.3 Å². The normalized spacial score (nSPS) is 46.4. The quantitative estimate of drug-likeness (QED) is 0.101. The maximum absolute atomic E-state index is 12.9. The molecule has 15 N–H and O–H groups in total. The maximum atomic E-state index is 12.9. The molecule has 13 atom stereocenters. The molecular formula is C26H49N7O8. The topological polar surface area (TPSA) is 266 Å². The van der Waals surface area contributed by atoms with E-state index in [1.807, 2.05) is 6.08 Å². The molecule has 2 heterocycles. The van der Waals surface area contributed by atoms with Gasteiger partial charge in [0.15, 0.2) is 11.9 Å². The summed E-state index contributed by atoms with van der Waals surface area (Å²) in [6, 6.07) is -3.49. The van der Waals surface area contributed by atoms with Gasteiger partial charge < -0.3 is 73.5 Å². The Balaban J connectivity index is 1.54. The lowest BCUT2D eigenvalue weighted by molar-refractivity contribution is -0.297. The lowest BCUT2D eigenvalue weighted by Gasteiger charge is -2.50. The molecule has 1 saturated heterocycles. The minimum atomic E-state index is -1.71. The van der Waals surface area contributed by atoms with Crippen LogP contribution in [0.5, 0.6) is 0 Å². The van der Waals surface area contributed by atoms with Crippen LogP contribution >= 0.6 is 0 Å². The van der Waals surface area contributed by atoms with Gasteiger partial charge in [-0.2, -0.15) is 0 Å². The minimum absolute atomic E-state index is 0.108. The second-order valence-corrected chi connectivity index (χ2v) is 12.1. The number of aliphatic hydroxyl groups excluding tert-OH is 2. The molecule has 0 aromatic carbocycles. The largest absolute Gasteiger partial charge is 0.492 e. The zero-order valence-corrected chi connectivity index (χ0v) is 23.8. The fraction of sp³-hybridized carbons (Fsp3) is 0.885. The molecule has 0 aromatic rings. The van der Waals surface area contributed by atoms with E-state index in [2.05, 4.69) is 16.0 Å². The van der Waals surface area contributed by atoms with E-state index in [-0.39, 0.29) is 19.4 Å². The second-order valence-electron chi connectivity index (χ2n) is 12.1. The molecule has 0 aromatic heterocycles. The Bertz CT molecular complexity index is 944. The summed E-state index contributed by atoms with van der Waals surface area (Å²) in [5.41, 5.74) is 21.3. The highest BCUT2D eigenvalue weighted by Crippen LogP contribution is 2.38. The number of nitrogens with one attached hydrogen (secondary N) is 3. The van der Waals surface area contributed by atoms with Crippen LogP contribution in [0.4, 0.5) is 0 Å². The van der Waals surface area contributed by atoms with Gasteiger partial charge >= 0.3 is 0 Å². The molecule has 15 heteroatoms. The molecular weight excluding hydrogens is 538 g/mol. The molecule has 15 nitrogen and oxygen atoms in total. The third kappa shape index (κ3) is 6.87. The van der Waals surface area contributed by atoms with Crippen LogP contribution in [-0.2, 0) is 19.0 Å². The highest BCUT2D eigenvalue weighted by atomic mass is 16.7. The molecule has 0 spiro atoms. The Kier molecular flexibility index (Phi) is 10.3. The Morgan fingerprint density at radius 3 is 2.54 bits per heavy atom. The van der Waals surface area contributed by atoms with Gasteiger partial charge in [0.2, 0.25) is 0 Å². The molecule has 0 radical (unpaired) electrons. The highest BCUT2D eigenvalue weighted by molar-refractivity contribution is 5.89. The summed E-state index contributed by atoms with van der Waals surface area (Å²) in [5, 5.41) is 52.8. The van der Waals surface area contributed by atoms with Crippen molar-refractivity contribution in [2.45, 2.75) is 105 Å². The maximum Gasteiger partial charge on any atom is 0.253 e. The third-order valence-electron chi connectivity index (χ3n) is 8.84. The Morgan fingerprint density at radius 1 is 1.20 bits per heavy atom. The second kappa shape index (κ2) is 13.0. The molecule has 3 fully saturated rings. The van der Waals surface area contributed by atoms with E-state index < -0.39 is 83.9 Å². The zero-order valence-electron chi connectivity index (χ0n) is 23.8. The van der Waals surface area contributed by atoms with Gasteiger partial charge in [-0.05, 0) is 52.4 Å². The lowest BCUT2D eigenvalue weighted by Crippen LogP contribution is -2.69. The molecule has 2 saturated carbocycles. The van der Waals surface area contributed by atoms with Crippen LogP contribution < -0.4 is 38.9 Å². The van der Waals surface area contributed by atoms with E-state index in [1.165, 1.54) is 6.92 Å². The Hall–Kier alpha value is -1.47. The first-order valence-corrected chi connectivity index (χ1v) is 14.4. The zero-order chi connectivity index (χ0) is 30.1. The van der Waals surface area contributed by atoms with Crippen LogP contribution in [0.3, 0.4) is 0 Å². The molecule has 236 valence electrons. The van der Waals surface area contributed by atoms with Crippen LogP contribution in [0.25, 0.3) is 0 Å². The van der Waals surface area contributed by atoms with Crippen molar-refractivity contribution in [2.75, 3.05) is 33.3 Å². The van der Waals surface area contributed by atoms with Gasteiger partial charge in [-0.3, -0.25) is 4.79 Å². The molecule has 13 unspecified atom stereocenters. The summed E-state index contributed by atoms with van der Waals surface area (Å²) in [6.45, 7) is 3.12. The summed E-state index contributed by atoms with van der Waals surface area (Å²) < 4.78 is 18.1. The number of amides is 1. The Labute approximate surface area is 240 Å². The molecule has 2 aliphatic heterocycles. The summed E-state index contributed by atoms with van der Waals surface area (Å²) in [5.74, 6) is -0.718. The number of hydrogen-bond acceptors (Lipinski definition) is 14. The summed E-state index contributed by atoms with van der Waals surface area (Å²) >= 11 is 0. The van der Waals surface area contributed by atoms with Crippen molar-refractivity contribution >= 4 is 5.91 Å². The smallest absolute Gasteiger partial charge is 0.253 e. The predicted octanol–water partition coefficient (Wildman–Crippen LogP) is -4.98. The standard InChI is InChI=1S/C26H49N7O8/c1-25(37)11-39-23(19(35)22(25)31-2)41-21-15(33-24(36)26(38)9-16(26)30)8-14(29)17(18(21)34)20-13(28)5-4-12(40-20)10-32-7-3-6-27/h4,13-23,31-32,34-35,37-38H,3,5-11,27-30H2,1-2H3,(H,33,36). The highest BCUT2D eigenvalue weighted by Gasteiger charge is 2.59. The summed E-state index contributed by atoms with van der Waals surface area (Å²) in [7, 11) is 1.59. The van der Waals surface area contributed by atoms with Crippen LogP contribution in [0.2, 0.25) is 0 Å². The average Bonchev–Trinajstić information content (AvgIpc) is 3.54. The number of nitrogens with two attached hydrogens (primary N) is 4. The monoisotopic (exact) mass is 587 g/mol. The molecule has 4 aliphatic rings.